The normalized spacial score (nSPS) is 17.0. The molecular formula is C16H20N4O. The van der Waals surface area contributed by atoms with Gasteiger partial charge in [-0.3, -0.25) is 0 Å². The molecule has 0 amide bonds. The monoisotopic (exact) mass is 284 g/mol. The van der Waals surface area contributed by atoms with Gasteiger partial charge in [-0.15, -0.1) is 0 Å². The Kier molecular flexibility index (Phi) is 3.90. The quantitative estimate of drug-likeness (QED) is 0.903. The number of benzene rings is 1. The van der Waals surface area contributed by atoms with Gasteiger partial charge in [-0.25, -0.2) is 9.97 Å². The van der Waals surface area contributed by atoms with Crippen LogP contribution in [0.25, 0.3) is 0 Å². The van der Waals surface area contributed by atoms with Crippen molar-refractivity contribution in [1.82, 2.24) is 9.97 Å². The second-order valence-corrected chi connectivity index (χ2v) is 5.14. The van der Waals surface area contributed by atoms with Crippen LogP contribution < -0.4 is 15.4 Å². The second-order valence-electron chi connectivity index (χ2n) is 5.14. The van der Waals surface area contributed by atoms with Crippen molar-refractivity contribution in [3.05, 3.63) is 41.7 Å². The third-order valence-corrected chi connectivity index (χ3v) is 3.93. The number of aryl methyl sites for hydroxylation is 1. The molecule has 0 fully saturated rings. The number of nitrogens with zero attached hydrogens (tertiary/aromatic N) is 2. The standard InChI is InChI=1S/C16H20N4O/c1-17-15-14(21-2)16(19-10-18-15)20-13-9-5-7-11-6-3-4-8-12(11)13/h3-4,6,8,10,13H,5,7,9H2,1-2H3,(H2,17,18,19,20). The molecule has 1 unspecified atom stereocenters. The molecule has 1 aromatic heterocycles. The molecular weight excluding hydrogens is 264 g/mol. The Hall–Kier alpha value is -2.30. The van der Waals surface area contributed by atoms with E-state index in [1.807, 2.05) is 7.05 Å². The van der Waals surface area contributed by atoms with Crippen molar-refractivity contribution in [2.75, 3.05) is 24.8 Å². The highest BCUT2D eigenvalue weighted by Gasteiger charge is 2.22. The van der Waals surface area contributed by atoms with E-state index in [2.05, 4.69) is 44.9 Å². The molecule has 0 saturated heterocycles. The molecule has 2 aromatic rings. The molecule has 0 aliphatic heterocycles. The molecule has 0 radical (unpaired) electrons. The topological polar surface area (TPSA) is 59.1 Å². The molecule has 3 rings (SSSR count). The van der Waals surface area contributed by atoms with Crippen molar-refractivity contribution in [1.29, 1.82) is 0 Å². The molecule has 21 heavy (non-hydrogen) atoms. The van der Waals surface area contributed by atoms with Crippen molar-refractivity contribution in [2.24, 2.45) is 0 Å². The number of nitrogens with one attached hydrogen (secondary N) is 2. The number of ether oxygens (including phenoxy) is 1. The summed E-state index contributed by atoms with van der Waals surface area (Å²) in [6.07, 6.45) is 4.97. The molecule has 5 nitrogen and oxygen atoms in total. The molecule has 2 N–H and O–H groups in total. The second kappa shape index (κ2) is 5.99. The van der Waals surface area contributed by atoms with E-state index >= 15 is 0 Å². The average Bonchev–Trinajstić information content (AvgIpc) is 2.55. The van der Waals surface area contributed by atoms with E-state index in [1.165, 1.54) is 17.5 Å². The van der Waals surface area contributed by atoms with Crippen LogP contribution in [0, 0.1) is 0 Å². The van der Waals surface area contributed by atoms with E-state index in [0.29, 0.717) is 11.6 Å². The lowest BCUT2D eigenvalue weighted by Gasteiger charge is -2.27. The number of aromatic nitrogens is 2. The van der Waals surface area contributed by atoms with Gasteiger partial charge in [0.1, 0.15) is 6.33 Å². The van der Waals surface area contributed by atoms with E-state index < -0.39 is 0 Å². The van der Waals surface area contributed by atoms with Crippen LogP contribution in [-0.4, -0.2) is 24.1 Å². The minimum atomic E-state index is 0.267. The van der Waals surface area contributed by atoms with Crippen LogP contribution in [0.4, 0.5) is 11.6 Å². The maximum atomic E-state index is 5.45. The van der Waals surface area contributed by atoms with Crippen LogP contribution in [0.15, 0.2) is 30.6 Å². The smallest absolute Gasteiger partial charge is 0.204 e. The molecule has 0 bridgehead atoms. The first-order chi connectivity index (χ1) is 10.3. The highest BCUT2D eigenvalue weighted by molar-refractivity contribution is 5.64. The van der Waals surface area contributed by atoms with Gasteiger partial charge in [0.15, 0.2) is 11.6 Å². The highest BCUT2D eigenvalue weighted by Crippen LogP contribution is 2.36. The third kappa shape index (κ3) is 2.63. The van der Waals surface area contributed by atoms with Gasteiger partial charge in [0, 0.05) is 7.05 Å². The van der Waals surface area contributed by atoms with Crippen LogP contribution in [-0.2, 0) is 6.42 Å². The average molecular weight is 284 g/mol. The number of hydrogen-bond donors (Lipinski definition) is 2. The summed E-state index contributed by atoms with van der Waals surface area (Å²) in [5, 5.41) is 6.54. The van der Waals surface area contributed by atoms with Crippen LogP contribution in [0.1, 0.15) is 30.0 Å². The fourth-order valence-electron chi connectivity index (χ4n) is 2.92. The Balaban J connectivity index is 1.92. The lowest BCUT2D eigenvalue weighted by Crippen LogP contribution is -2.18. The molecule has 0 spiro atoms. The summed E-state index contributed by atoms with van der Waals surface area (Å²) >= 11 is 0. The molecule has 1 aliphatic rings. The predicted octanol–water partition coefficient (Wildman–Crippen LogP) is 3.02. The number of anilines is 2. The molecule has 1 heterocycles. The van der Waals surface area contributed by atoms with E-state index in [0.717, 1.165) is 18.7 Å². The Labute approximate surface area is 124 Å². The lowest BCUT2D eigenvalue weighted by molar-refractivity contribution is 0.414. The molecule has 1 atom stereocenters. The van der Waals surface area contributed by atoms with Gasteiger partial charge in [-0.1, -0.05) is 24.3 Å². The van der Waals surface area contributed by atoms with Gasteiger partial charge < -0.3 is 15.4 Å². The van der Waals surface area contributed by atoms with E-state index in [4.69, 9.17) is 4.74 Å². The summed E-state index contributed by atoms with van der Waals surface area (Å²) in [5.41, 5.74) is 2.78. The first kappa shape index (κ1) is 13.7. The fourth-order valence-corrected chi connectivity index (χ4v) is 2.92. The minimum Gasteiger partial charge on any atom is -0.490 e. The Morgan fingerprint density at radius 2 is 2.00 bits per heavy atom. The van der Waals surface area contributed by atoms with E-state index in [9.17, 15) is 0 Å². The third-order valence-electron chi connectivity index (χ3n) is 3.93. The fraction of sp³-hybridized carbons (Fsp3) is 0.375. The number of hydrogen-bond acceptors (Lipinski definition) is 5. The minimum absolute atomic E-state index is 0.267. The van der Waals surface area contributed by atoms with Crippen LogP contribution in [0.2, 0.25) is 0 Å². The van der Waals surface area contributed by atoms with E-state index in [1.54, 1.807) is 13.4 Å². The highest BCUT2D eigenvalue weighted by atomic mass is 16.5. The summed E-state index contributed by atoms with van der Waals surface area (Å²) in [4.78, 5) is 8.52. The van der Waals surface area contributed by atoms with Crippen molar-refractivity contribution >= 4 is 11.6 Å². The molecule has 110 valence electrons. The maximum Gasteiger partial charge on any atom is 0.204 e. The van der Waals surface area contributed by atoms with Crippen LogP contribution >= 0.6 is 0 Å². The molecule has 1 aromatic carbocycles. The van der Waals surface area contributed by atoms with Gasteiger partial charge >= 0.3 is 0 Å². The lowest BCUT2D eigenvalue weighted by atomic mass is 9.88. The molecule has 0 saturated carbocycles. The first-order valence-electron chi connectivity index (χ1n) is 7.24. The number of rotatable bonds is 4. The summed E-state index contributed by atoms with van der Waals surface area (Å²) in [6, 6.07) is 8.86. The van der Waals surface area contributed by atoms with Gasteiger partial charge in [-0.2, -0.15) is 0 Å². The Bertz CT molecular complexity index is 629. The zero-order chi connectivity index (χ0) is 14.7. The van der Waals surface area contributed by atoms with Crippen molar-refractivity contribution in [3.63, 3.8) is 0 Å². The van der Waals surface area contributed by atoms with Crippen LogP contribution in [0.3, 0.4) is 0 Å². The zero-order valence-corrected chi connectivity index (χ0v) is 12.4. The first-order valence-corrected chi connectivity index (χ1v) is 7.24. The summed E-state index contributed by atoms with van der Waals surface area (Å²) in [6.45, 7) is 0. The molecule has 5 heteroatoms. The Morgan fingerprint density at radius 3 is 2.81 bits per heavy atom. The Morgan fingerprint density at radius 1 is 1.19 bits per heavy atom. The maximum absolute atomic E-state index is 5.45. The van der Waals surface area contributed by atoms with Crippen molar-refractivity contribution in [2.45, 2.75) is 25.3 Å². The number of fused-ring (bicyclic) bond motifs is 1. The van der Waals surface area contributed by atoms with E-state index in [-0.39, 0.29) is 6.04 Å². The van der Waals surface area contributed by atoms with Crippen LogP contribution in [0.5, 0.6) is 5.75 Å². The summed E-state index contributed by atoms with van der Waals surface area (Å²) in [7, 11) is 3.46. The van der Waals surface area contributed by atoms with Crippen molar-refractivity contribution in [3.8, 4) is 5.75 Å². The largest absolute Gasteiger partial charge is 0.490 e. The van der Waals surface area contributed by atoms with Gasteiger partial charge in [-0.05, 0) is 30.4 Å². The zero-order valence-electron chi connectivity index (χ0n) is 12.4. The van der Waals surface area contributed by atoms with Gasteiger partial charge in [0.25, 0.3) is 0 Å². The van der Waals surface area contributed by atoms with Gasteiger partial charge in [0.2, 0.25) is 5.75 Å². The summed E-state index contributed by atoms with van der Waals surface area (Å²) < 4.78 is 5.45. The van der Waals surface area contributed by atoms with Gasteiger partial charge in [0.05, 0.1) is 13.2 Å². The van der Waals surface area contributed by atoms with Crippen molar-refractivity contribution < 1.29 is 4.74 Å². The molecule has 1 aliphatic carbocycles. The summed E-state index contributed by atoms with van der Waals surface area (Å²) in [5.74, 6) is 2.08. The predicted molar refractivity (Wildman–Crippen MR) is 83.9 cm³/mol. The number of methoxy groups -OCH3 is 1. The SMILES string of the molecule is CNc1ncnc(NC2CCCc3ccccc32)c1OC.